The molecule has 3 aromatic rings. The number of anilines is 2. The van der Waals surface area contributed by atoms with Gasteiger partial charge in [0.2, 0.25) is 0 Å². The van der Waals surface area contributed by atoms with E-state index < -0.39 is 5.97 Å². The summed E-state index contributed by atoms with van der Waals surface area (Å²) in [5, 5.41) is 16.8. The maximum absolute atomic E-state index is 13.2. The number of halogens is 1. The molecular formula is C21H19FN2O4S. The van der Waals surface area contributed by atoms with Crippen LogP contribution in [0.2, 0.25) is 0 Å². The van der Waals surface area contributed by atoms with Gasteiger partial charge in [-0.1, -0.05) is 5.16 Å². The molecule has 0 spiro atoms. The Morgan fingerprint density at radius 3 is 2.31 bits per heavy atom. The van der Waals surface area contributed by atoms with E-state index in [9.17, 15) is 14.4 Å². The standard InChI is InChI=1S/C21H19FN2O4S/c1-12-17(21(25)28-3)20(23-15-8-6-14(22)7-9-15)29-19(12)18(24-26)13-4-10-16(27-2)11-5-13/h4-11,23,26H,1-3H3/b24-18+. The molecule has 0 fully saturated rings. The zero-order valence-corrected chi connectivity index (χ0v) is 16.8. The summed E-state index contributed by atoms with van der Waals surface area (Å²) in [5.41, 5.74) is 2.51. The van der Waals surface area contributed by atoms with E-state index in [-0.39, 0.29) is 5.82 Å². The molecule has 150 valence electrons. The summed E-state index contributed by atoms with van der Waals surface area (Å²) >= 11 is 1.24. The van der Waals surface area contributed by atoms with Crippen molar-refractivity contribution in [3.8, 4) is 5.75 Å². The largest absolute Gasteiger partial charge is 0.497 e. The highest BCUT2D eigenvalue weighted by molar-refractivity contribution is 7.19. The number of benzene rings is 2. The van der Waals surface area contributed by atoms with Crippen molar-refractivity contribution in [3.05, 3.63) is 75.9 Å². The van der Waals surface area contributed by atoms with Gasteiger partial charge in [0.1, 0.15) is 22.3 Å². The van der Waals surface area contributed by atoms with Gasteiger partial charge in [-0.2, -0.15) is 0 Å². The minimum atomic E-state index is -0.526. The van der Waals surface area contributed by atoms with Crippen molar-refractivity contribution in [2.24, 2.45) is 5.16 Å². The number of methoxy groups -OCH3 is 2. The number of hydrogen-bond acceptors (Lipinski definition) is 7. The Labute approximate surface area is 171 Å². The van der Waals surface area contributed by atoms with Crippen LogP contribution in [0.15, 0.2) is 53.7 Å². The summed E-state index contributed by atoms with van der Waals surface area (Å²) in [6.07, 6.45) is 0. The lowest BCUT2D eigenvalue weighted by atomic mass is 10.0. The van der Waals surface area contributed by atoms with E-state index in [2.05, 4.69) is 10.5 Å². The molecule has 0 amide bonds. The van der Waals surface area contributed by atoms with Gasteiger partial charge in [-0.15, -0.1) is 11.3 Å². The molecule has 0 saturated heterocycles. The average Bonchev–Trinajstić information content (AvgIpc) is 3.06. The van der Waals surface area contributed by atoms with E-state index in [1.807, 2.05) is 0 Å². The number of carbonyl (C=O) groups excluding carboxylic acids is 1. The van der Waals surface area contributed by atoms with Crippen molar-refractivity contribution in [2.75, 3.05) is 19.5 Å². The Morgan fingerprint density at radius 2 is 1.76 bits per heavy atom. The molecule has 8 heteroatoms. The Hall–Kier alpha value is -3.39. The predicted octanol–water partition coefficient (Wildman–Crippen LogP) is 4.96. The molecule has 1 heterocycles. The quantitative estimate of drug-likeness (QED) is 0.258. The number of thiophene rings is 1. The average molecular weight is 414 g/mol. The summed E-state index contributed by atoms with van der Waals surface area (Å²) in [6.45, 7) is 1.75. The Balaban J connectivity index is 2.07. The van der Waals surface area contributed by atoms with E-state index in [0.29, 0.717) is 43.7 Å². The fourth-order valence-corrected chi connectivity index (χ4v) is 4.04. The minimum absolute atomic E-state index is 0.312. The first-order chi connectivity index (χ1) is 14.0. The third-order valence-corrected chi connectivity index (χ3v) is 5.53. The highest BCUT2D eigenvalue weighted by atomic mass is 32.1. The third kappa shape index (κ3) is 4.22. The Morgan fingerprint density at radius 1 is 1.10 bits per heavy atom. The summed E-state index contributed by atoms with van der Waals surface area (Å²) in [5.74, 6) is -0.217. The molecule has 0 aliphatic heterocycles. The second kappa shape index (κ2) is 8.74. The molecule has 0 aliphatic rings. The van der Waals surface area contributed by atoms with Crippen molar-refractivity contribution in [2.45, 2.75) is 6.92 Å². The zero-order valence-electron chi connectivity index (χ0n) is 16.0. The number of oxime groups is 1. The predicted molar refractivity (Wildman–Crippen MR) is 110 cm³/mol. The number of esters is 1. The van der Waals surface area contributed by atoms with Crippen molar-refractivity contribution in [1.29, 1.82) is 0 Å². The lowest BCUT2D eigenvalue weighted by Gasteiger charge is -2.07. The SMILES string of the molecule is COC(=O)c1c(Nc2ccc(F)cc2)sc(/C(=N/O)c2ccc(OC)cc2)c1C. The van der Waals surface area contributed by atoms with Crippen LogP contribution < -0.4 is 10.1 Å². The number of nitrogens with one attached hydrogen (secondary N) is 1. The van der Waals surface area contributed by atoms with Crippen molar-refractivity contribution >= 4 is 33.7 Å². The van der Waals surface area contributed by atoms with E-state index in [0.717, 1.165) is 0 Å². The maximum atomic E-state index is 13.2. The van der Waals surface area contributed by atoms with Crippen LogP contribution >= 0.6 is 11.3 Å². The number of hydrogen-bond donors (Lipinski definition) is 2. The van der Waals surface area contributed by atoms with E-state index in [1.54, 1.807) is 50.4 Å². The normalized spacial score (nSPS) is 11.2. The Kier molecular flexibility index (Phi) is 6.13. The second-order valence-corrected chi connectivity index (χ2v) is 7.08. The fraction of sp³-hybridized carbons (Fsp3) is 0.143. The van der Waals surface area contributed by atoms with Gasteiger partial charge in [0, 0.05) is 11.3 Å². The van der Waals surface area contributed by atoms with Gasteiger partial charge in [0.15, 0.2) is 0 Å². The highest BCUT2D eigenvalue weighted by Crippen LogP contribution is 2.37. The van der Waals surface area contributed by atoms with Crippen LogP contribution in [-0.2, 0) is 4.74 Å². The minimum Gasteiger partial charge on any atom is -0.497 e. The van der Waals surface area contributed by atoms with Crippen LogP contribution in [0.25, 0.3) is 0 Å². The van der Waals surface area contributed by atoms with E-state index in [1.165, 1.54) is 30.6 Å². The summed E-state index contributed by atoms with van der Waals surface area (Å²) in [4.78, 5) is 13.0. The molecule has 0 bridgehead atoms. The molecule has 2 N–H and O–H groups in total. The van der Waals surface area contributed by atoms with E-state index >= 15 is 0 Å². The lowest BCUT2D eigenvalue weighted by molar-refractivity contribution is 0.0601. The molecule has 0 unspecified atom stereocenters. The number of carbonyl (C=O) groups is 1. The van der Waals surface area contributed by atoms with Crippen LogP contribution in [0.4, 0.5) is 15.1 Å². The first-order valence-electron chi connectivity index (χ1n) is 8.59. The molecule has 1 aromatic heterocycles. The molecule has 2 aromatic carbocycles. The molecule has 29 heavy (non-hydrogen) atoms. The zero-order chi connectivity index (χ0) is 21.0. The third-order valence-electron chi connectivity index (χ3n) is 4.32. The van der Waals surface area contributed by atoms with Gasteiger partial charge in [-0.3, -0.25) is 0 Å². The van der Waals surface area contributed by atoms with Crippen LogP contribution in [0, 0.1) is 12.7 Å². The summed E-state index contributed by atoms with van der Waals surface area (Å²) in [7, 11) is 2.86. The molecule has 0 atom stereocenters. The maximum Gasteiger partial charge on any atom is 0.341 e. The van der Waals surface area contributed by atoms with Crippen molar-refractivity contribution < 1.29 is 23.9 Å². The monoisotopic (exact) mass is 414 g/mol. The van der Waals surface area contributed by atoms with E-state index in [4.69, 9.17) is 9.47 Å². The second-order valence-electron chi connectivity index (χ2n) is 6.06. The molecule has 0 radical (unpaired) electrons. The van der Waals surface area contributed by atoms with Gasteiger partial charge in [0.25, 0.3) is 0 Å². The molecule has 6 nitrogen and oxygen atoms in total. The fourth-order valence-electron chi connectivity index (χ4n) is 2.82. The summed E-state index contributed by atoms with van der Waals surface area (Å²) < 4.78 is 23.3. The smallest absolute Gasteiger partial charge is 0.341 e. The lowest BCUT2D eigenvalue weighted by Crippen LogP contribution is -2.07. The number of nitrogens with zero attached hydrogens (tertiary/aromatic N) is 1. The first-order valence-corrected chi connectivity index (χ1v) is 9.41. The van der Waals surface area contributed by atoms with Crippen molar-refractivity contribution in [1.82, 2.24) is 0 Å². The van der Waals surface area contributed by atoms with Crippen LogP contribution in [0.5, 0.6) is 5.75 Å². The van der Waals surface area contributed by atoms with Crippen molar-refractivity contribution in [3.63, 3.8) is 0 Å². The van der Waals surface area contributed by atoms with Crippen LogP contribution in [0.3, 0.4) is 0 Å². The number of ether oxygens (including phenoxy) is 2. The topological polar surface area (TPSA) is 80.2 Å². The van der Waals surface area contributed by atoms with Gasteiger partial charge < -0.3 is 20.0 Å². The molecule has 3 rings (SSSR count). The van der Waals surface area contributed by atoms with Gasteiger partial charge in [-0.05, 0) is 61.0 Å². The highest BCUT2D eigenvalue weighted by Gasteiger charge is 2.25. The molecular weight excluding hydrogens is 395 g/mol. The van der Waals surface area contributed by atoms with Gasteiger partial charge >= 0.3 is 5.97 Å². The van der Waals surface area contributed by atoms with Gasteiger partial charge in [0.05, 0.1) is 24.7 Å². The van der Waals surface area contributed by atoms with Gasteiger partial charge in [-0.25, -0.2) is 9.18 Å². The summed E-state index contributed by atoms with van der Waals surface area (Å²) in [6, 6.07) is 12.8. The van der Waals surface area contributed by atoms with Crippen LogP contribution in [0.1, 0.15) is 26.4 Å². The molecule has 0 aliphatic carbocycles. The Bertz CT molecular complexity index is 1040. The van der Waals surface area contributed by atoms with Crippen LogP contribution in [-0.4, -0.2) is 31.1 Å². The number of rotatable bonds is 6. The molecule has 0 saturated carbocycles. The first kappa shape index (κ1) is 20.3.